The quantitative estimate of drug-likeness (QED) is 0.0607. The first-order valence-electron chi connectivity index (χ1n) is 30.1. The minimum Gasteiger partial charge on any atom is -0.495 e. The highest BCUT2D eigenvalue weighted by atomic mass is 35.5. The van der Waals surface area contributed by atoms with E-state index in [0.29, 0.717) is 48.6 Å². The maximum atomic E-state index is 14.0. The minimum atomic E-state index is -0.925. The predicted molar refractivity (Wildman–Crippen MR) is 353 cm³/mol. The van der Waals surface area contributed by atoms with Gasteiger partial charge >= 0.3 is 5.97 Å². The molecule has 2 aliphatic carbocycles. The number of ether oxygens (including phenoxy) is 2. The van der Waals surface area contributed by atoms with Crippen LogP contribution in [-0.4, -0.2) is 132 Å². The first kappa shape index (κ1) is 68.4. The van der Waals surface area contributed by atoms with Crippen LogP contribution < -0.4 is 41.0 Å². The fourth-order valence-electron chi connectivity index (χ4n) is 12.3. The topological polar surface area (TPSA) is 216 Å². The number of allylic oxidation sites excluding steroid dienone is 2. The van der Waals surface area contributed by atoms with E-state index in [2.05, 4.69) is 26.9 Å². The summed E-state index contributed by atoms with van der Waals surface area (Å²) in [5.41, 5.74) is 12.4. The summed E-state index contributed by atoms with van der Waals surface area (Å²) in [5, 5.41) is 17.8. The molecule has 10 rings (SSSR count). The van der Waals surface area contributed by atoms with Gasteiger partial charge in [-0.1, -0.05) is 70.7 Å². The second-order valence-electron chi connectivity index (χ2n) is 24.0. The molecule has 6 aromatic rings. The standard InChI is InChI=1S/C35H38ClFN4O4.C31H28ClFN2O5.C4H12N2/c1-40(2)17-15-38-32(42)18-23-12-13-35(21-23)14-16-41(30-7-5-4-6-25(30)22-35)34(44)24-8-11-29(31(19-24)45-3)39-33(43)27-20-26(37)9-10-28(27)36;1-40-27-15-20(6-9-25(27)34-29(38)23-16-22(33)7-8-24(23)32)30(39)35-13-12-31(11-10-19(17-31)14-28(36)37)18-21-4-2-3-5-26(21)35;1-6(2)4-3-5/h4-11,18-20H,12-17,21-22H2,1-3H3,(H,38,42)(H,39,43);2-9,14-16H,10-13,17-18H2,1H3,(H,34,38)(H,36,37);3-5H2,1-2H3/t35-;31-;/m11./s1. The second kappa shape index (κ2) is 31.0. The molecule has 21 heteroatoms. The van der Waals surface area contributed by atoms with E-state index in [4.69, 9.17) is 38.4 Å². The number of carboxylic acid groups (broad SMARTS) is 1. The summed E-state index contributed by atoms with van der Waals surface area (Å²) in [6, 6.07) is 32.5. The molecule has 4 aliphatic rings. The Morgan fingerprint density at radius 1 is 0.593 bits per heavy atom. The molecule has 6 aromatic carbocycles. The van der Waals surface area contributed by atoms with Gasteiger partial charge < -0.3 is 55.9 Å². The van der Waals surface area contributed by atoms with Crippen LogP contribution in [0, 0.1) is 22.5 Å². The minimum absolute atomic E-state index is 0.0103. The van der Waals surface area contributed by atoms with Crippen molar-refractivity contribution in [1.82, 2.24) is 15.1 Å². The fourth-order valence-corrected chi connectivity index (χ4v) is 12.7. The molecule has 2 saturated carbocycles. The van der Waals surface area contributed by atoms with Crippen molar-refractivity contribution in [3.05, 3.63) is 200 Å². The number of nitrogens with one attached hydrogen (secondary N) is 3. The highest BCUT2D eigenvalue weighted by Gasteiger charge is 2.42. The Morgan fingerprint density at radius 2 is 1.03 bits per heavy atom. The lowest BCUT2D eigenvalue weighted by Gasteiger charge is -2.27. The molecule has 5 amide bonds. The molecule has 0 saturated heterocycles. The van der Waals surface area contributed by atoms with Crippen LogP contribution in [0.1, 0.15) is 104 Å². The molecule has 2 atom stereocenters. The number of para-hydroxylation sites is 2. The van der Waals surface area contributed by atoms with Crippen LogP contribution in [0.25, 0.3) is 0 Å². The molecular weight excluding hydrogens is 1210 g/mol. The Labute approximate surface area is 540 Å². The van der Waals surface area contributed by atoms with Crippen LogP contribution >= 0.6 is 23.2 Å². The Morgan fingerprint density at radius 3 is 1.44 bits per heavy atom. The van der Waals surface area contributed by atoms with Crippen molar-refractivity contribution in [2.45, 2.75) is 64.2 Å². The number of aliphatic carboxylic acids is 1. The molecule has 0 radical (unpaired) electrons. The van der Waals surface area contributed by atoms with Crippen molar-refractivity contribution < 1.29 is 52.1 Å². The molecule has 17 nitrogen and oxygen atoms in total. The lowest BCUT2D eigenvalue weighted by Crippen LogP contribution is -2.33. The SMILES string of the molecule is CN(C)CCN.COc1cc(C(=O)N2CC[C@@]3(CCC(=CC(=O)NCCN(C)C)C3)Cc3ccccc32)ccc1NC(=O)c1cc(F)ccc1Cl.COc1cc(C(=O)N2CC[C@@]3(CCC(=CC(=O)O)C3)Cc3ccccc32)ccc1NC(=O)c1cc(F)ccc1Cl. The van der Waals surface area contributed by atoms with Crippen molar-refractivity contribution in [2.75, 3.05) is 102 Å². The summed E-state index contributed by atoms with van der Waals surface area (Å²) in [5.74, 6) is -3.20. The van der Waals surface area contributed by atoms with Crippen LogP contribution in [0.4, 0.5) is 31.5 Å². The van der Waals surface area contributed by atoms with Crippen molar-refractivity contribution in [3.8, 4) is 11.5 Å². The number of nitrogens with two attached hydrogens (primary N) is 1. The molecular formula is C70H78Cl2F2N8O9. The molecule has 2 fully saturated rings. The summed E-state index contributed by atoms with van der Waals surface area (Å²) >= 11 is 12.2. The Kier molecular flexibility index (Phi) is 23.3. The van der Waals surface area contributed by atoms with E-state index in [9.17, 15) is 42.7 Å². The van der Waals surface area contributed by atoms with Gasteiger partial charge in [0, 0.05) is 73.9 Å². The number of methoxy groups -OCH3 is 2. The molecule has 0 aromatic heterocycles. The lowest BCUT2D eigenvalue weighted by atomic mass is 9.77. The van der Waals surface area contributed by atoms with Crippen LogP contribution in [0.5, 0.6) is 11.5 Å². The largest absolute Gasteiger partial charge is 0.495 e. The number of benzene rings is 6. The highest BCUT2D eigenvalue weighted by molar-refractivity contribution is 6.35. The van der Waals surface area contributed by atoms with Gasteiger partial charge in [-0.25, -0.2) is 13.6 Å². The molecule has 2 aliphatic heterocycles. The summed E-state index contributed by atoms with van der Waals surface area (Å²) in [7, 11) is 10.8. The van der Waals surface area contributed by atoms with Crippen LogP contribution in [-0.2, 0) is 22.4 Å². The number of likely N-dealkylation sites (N-methyl/N-ethyl adjacent to an activating group) is 2. The van der Waals surface area contributed by atoms with E-state index in [0.717, 1.165) is 123 Å². The predicted octanol–water partition coefficient (Wildman–Crippen LogP) is 12.1. The number of carbonyl (C=O) groups excluding carboxylic acids is 5. The number of carboxylic acids is 1. The fraction of sp³-hybridized carbons (Fsp3) is 0.343. The Hall–Kier alpha value is -8.46. The van der Waals surface area contributed by atoms with Crippen LogP contribution in [0.3, 0.4) is 0 Å². The molecule has 6 N–H and O–H groups in total. The van der Waals surface area contributed by atoms with Crippen LogP contribution in [0.15, 0.2) is 145 Å². The smallest absolute Gasteiger partial charge is 0.328 e. The maximum Gasteiger partial charge on any atom is 0.328 e. The third-order valence-corrected chi connectivity index (χ3v) is 17.6. The van der Waals surface area contributed by atoms with Gasteiger partial charge in [0.2, 0.25) is 5.91 Å². The van der Waals surface area contributed by atoms with Crippen LogP contribution in [0.2, 0.25) is 10.0 Å². The molecule has 2 heterocycles. The van der Waals surface area contributed by atoms with E-state index in [-0.39, 0.29) is 61.2 Å². The summed E-state index contributed by atoms with van der Waals surface area (Å²) < 4.78 is 38.4. The number of amides is 5. The molecule has 480 valence electrons. The molecule has 91 heavy (non-hydrogen) atoms. The monoisotopic (exact) mass is 1280 g/mol. The number of nitrogens with zero attached hydrogens (tertiary/aromatic N) is 4. The average molecular weight is 1280 g/mol. The number of hydrogen-bond acceptors (Lipinski definition) is 11. The van der Waals surface area contributed by atoms with Crippen molar-refractivity contribution in [3.63, 3.8) is 0 Å². The lowest BCUT2D eigenvalue weighted by molar-refractivity contribution is -0.131. The Bertz CT molecular complexity index is 3750. The average Bonchev–Trinajstić information content (AvgIpc) is 1.68. The van der Waals surface area contributed by atoms with Crippen molar-refractivity contribution in [2.24, 2.45) is 16.6 Å². The summed E-state index contributed by atoms with van der Waals surface area (Å²) in [6.07, 6.45) is 11.2. The van der Waals surface area contributed by atoms with E-state index < -0.39 is 29.4 Å². The van der Waals surface area contributed by atoms with Gasteiger partial charge in [0.25, 0.3) is 23.6 Å². The first-order chi connectivity index (χ1) is 43.5. The third-order valence-electron chi connectivity index (χ3n) is 16.9. The van der Waals surface area contributed by atoms with E-state index in [1.807, 2.05) is 80.5 Å². The molecule has 0 bridgehead atoms. The normalized spacial score (nSPS) is 18.3. The second-order valence-corrected chi connectivity index (χ2v) is 24.8. The van der Waals surface area contributed by atoms with E-state index in [1.165, 1.54) is 44.6 Å². The number of rotatable bonds is 15. The third kappa shape index (κ3) is 17.7. The van der Waals surface area contributed by atoms with E-state index >= 15 is 0 Å². The van der Waals surface area contributed by atoms with Gasteiger partial charge in [0.1, 0.15) is 23.1 Å². The van der Waals surface area contributed by atoms with Gasteiger partial charge in [-0.15, -0.1) is 0 Å². The van der Waals surface area contributed by atoms with Gasteiger partial charge in [-0.2, -0.15) is 0 Å². The van der Waals surface area contributed by atoms with Crippen molar-refractivity contribution in [1.29, 1.82) is 0 Å². The zero-order chi connectivity index (χ0) is 65.6. The summed E-state index contributed by atoms with van der Waals surface area (Å²) in [4.78, 5) is 85.0. The zero-order valence-corrected chi connectivity index (χ0v) is 53.6. The van der Waals surface area contributed by atoms with Gasteiger partial charge in [-0.05, 0) is 199 Å². The number of fused-ring (bicyclic) bond motifs is 2. The zero-order valence-electron chi connectivity index (χ0n) is 52.1. The number of carbonyl (C=O) groups is 6. The van der Waals surface area contributed by atoms with E-state index in [1.54, 1.807) is 47.4 Å². The number of anilines is 4. The highest BCUT2D eigenvalue weighted by Crippen LogP contribution is 2.51. The molecule has 2 spiro atoms. The summed E-state index contributed by atoms with van der Waals surface area (Å²) in [6.45, 7) is 4.14. The number of halogens is 4. The number of hydrogen-bond donors (Lipinski definition) is 5. The van der Waals surface area contributed by atoms with Gasteiger partial charge in [0.05, 0.1) is 46.8 Å². The maximum absolute atomic E-state index is 14.0. The molecule has 0 unspecified atom stereocenters. The Balaban J connectivity index is 0.000000216. The van der Waals surface area contributed by atoms with Gasteiger partial charge in [-0.3, -0.25) is 24.0 Å². The van der Waals surface area contributed by atoms with Gasteiger partial charge in [0.15, 0.2) is 0 Å². The van der Waals surface area contributed by atoms with Crippen molar-refractivity contribution >= 4 is 81.5 Å². The first-order valence-corrected chi connectivity index (χ1v) is 30.9.